The topological polar surface area (TPSA) is 47.4 Å². The highest BCUT2D eigenvalue weighted by Crippen LogP contribution is 2.31. The molecule has 0 aliphatic carbocycles. The van der Waals surface area contributed by atoms with Gasteiger partial charge in [-0.25, -0.2) is 4.39 Å². The molecule has 1 aliphatic heterocycles. The minimum absolute atomic E-state index is 0.168. The van der Waals surface area contributed by atoms with Crippen molar-refractivity contribution in [3.8, 4) is 0 Å². The molecule has 0 N–H and O–H groups in total. The number of nitrogens with zero attached hydrogens (tertiary/aromatic N) is 3. The third-order valence-corrected chi connectivity index (χ3v) is 5.33. The van der Waals surface area contributed by atoms with E-state index >= 15 is 0 Å². The summed E-state index contributed by atoms with van der Waals surface area (Å²) in [5.74, 6) is -0.512. The third kappa shape index (κ3) is 3.78. The number of benzene rings is 1. The fourth-order valence-corrected chi connectivity index (χ4v) is 4.02. The summed E-state index contributed by atoms with van der Waals surface area (Å²) in [4.78, 5) is 18.7. The van der Waals surface area contributed by atoms with Crippen LogP contribution in [0, 0.1) is 5.82 Å². The lowest BCUT2D eigenvalue weighted by Gasteiger charge is -2.28. The van der Waals surface area contributed by atoms with Gasteiger partial charge in [0, 0.05) is 55.0 Å². The predicted octanol–water partition coefficient (Wildman–Crippen LogP) is 3.34. The highest BCUT2D eigenvalue weighted by molar-refractivity contribution is 5.87. The van der Waals surface area contributed by atoms with Crippen LogP contribution in [0.4, 0.5) is 4.39 Å². The second-order valence-corrected chi connectivity index (χ2v) is 7.12. The Hall–Kier alpha value is -2.73. The summed E-state index contributed by atoms with van der Waals surface area (Å²) in [6, 6.07) is 8.84. The van der Waals surface area contributed by atoms with Crippen molar-refractivity contribution in [3.63, 3.8) is 0 Å². The van der Waals surface area contributed by atoms with Gasteiger partial charge in [-0.05, 0) is 48.7 Å². The highest BCUT2D eigenvalue weighted by atomic mass is 19.1. The van der Waals surface area contributed by atoms with Crippen LogP contribution in [-0.2, 0) is 35.5 Å². The van der Waals surface area contributed by atoms with Gasteiger partial charge < -0.3 is 9.30 Å². The molecule has 1 aromatic carbocycles. The summed E-state index contributed by atoms with van der Waals surface area (Å²) in [5.41, 5.74) is 4.35. The summed E-state index contributed by atoms with van der Waals surface area (Å²) in [5, 5.41) is 0.894. The van der Waals surface area contributed by atoms with Crippen molar-refractivity contribution >= 4 is 16.9 Å². The molecule has 5 nitrogen and oxygen atoms in total. The molecule has 4 rings (SSSR count). The number of halogens is 1. The van der Waals surface area contributed by atoms with Crippen LogP contribution < -0.4 is 0 Å². The smallest absolute Gasteiger partial charge is 0.325 e. The summed E-state index contributed by atoms with van der Waals surface area (Å²) < 4.78 is 21.1. The minimum atomic E-state index is -0.259. The molecule has 28 heavy (non-hydrogen) atoms. The van der Waals surface area contributed by atoms with Gasteiger partial charge in [0.25, 0.3) is 0 Å². The first-order valence-electron chi connectivity index (χ1n) is 9.72. The molecule has 6 heteroatoms. The number of ether oxygens (including phenoxy) is 1. The van der Waals surface area contributed by atoms with Gasteiger partial charge >= 0.3 is 5.97 Å². The average molecular weight is 381 g/mol. The maximum absolute atomic E-state index is 13.9. The Kier molecular flexibility index (Phi) is 5.39. The van der Waals surface area contributed by atoms with E-state index < -0.39 is 0 Å². The Labute approximate surface area is 163 Å². The van der Waals surface area contributed by atoms with Crippen LogP contribution in [-0.4, -0.2) is 40.1 Å². The van der Waals surface area contributed by atoms with E-state index in [9.17, 15) is 9.18 Å². The van der Waals surface area contributed by atoms with E-state index in [0.717, 1.165) is 54.6 Å². The van der Waals surface area contributed by atoms with Crippen molar-refractivity contribution in [2.24, 2.45) is 0 Å². The normalized spacial score (nSPS) is 14.2. The van der Waals surface area contributed by atoms with Crippen LogP contribution in [0.5, 0.6) is 0 Å². The molecule has 3 heterocycles. The zero-order valence-corrected chi connectivity index (χ0v) is 16.0. The number of pyridine rings is 1. The van der Waals surface area contributed by atoms with Gasteiger partial charge in [-0.2, -0.15) is 0 Å². The number of rotatable bonds is 6. The van der Waals surface area contributed by atoms with Crippen LogP contribution >= 0.6 is 0 Å². The molecule has 0 saturated carbocycles. The fraction of sp³-hybridized carbons (Fsp3) is 0.364. The quantitative estimate of drug-likeness (QED) is 0.615. The molecule has 0 fully saturated rings. The molecular formula is C22H24FN3O2. The average Bonchev–Trinajstić information content (AvgIpc) is 3.00. The van der Waals surface area contributed by atoms with E-state index in [1.54, 1.807) is 25.3 Å². The van der Waals surface area contributed by atoms with Gasteiger partial charge in [-0.3, -0.25) is 14.7 Å². The van der Waals surface area contributed by atoms with Crippen molar-refractivity contribution in [3.05, 3.63) is 65.4 Å². The molecule has 0 amide bonds. The third-order valence-electron chi connectivity index (χ3n) is 5.33. The number of carbonyl (C=O) groups is 1. The summed E-state index contributed by atoms with van der Waals surface area (Å²) >= 11 is 0. The van der Waals surface area contributed by atoms with Crippen molar-refractivity contribution < 1.29 is 13.9 Å². The first kappa shape index (κ1) is 18.6. The molecule has 0 atom stereocenters. The second kappa shape index (κ2) is 8.10. The number of aromatic nitrogens is 2. The predicted molar refractivity (Wildman–Crippen MR) is 105 cm³/mol. The second-order valence-electron chi connectivity index (χ2n) is 7.12. The van der Waals surface area contributed by atoms with Crippen molar-refractivity contribution in [1.82, 2.24) is 14.5 Å². The number of hydrogen-bond donors (Lipinski definition) is 0. The molecule has 0 spiro atoms. The van der Waals surface area contributed by atoms with Gasteiger partial charge in [0.15, 0.2) is 0 Å². The van der Waals surface area contributed by atoms with Crippen LogP contribution in [0.15, 0.2) is 42.7 Å². The van der Waals surface area contributed by atoms with Crippen LogP contribution in [0.25, 0.3) is 10.9 Å². The Morgan fingerprint density at radius 1 is 1.32 bits per heavy atom. The molecular weight excluding hydrogens is 357 g/mol. The van der Waals surface area contributed by atoms with E-state index in [0.29, 0.717) is 6.61 Å². The highest BCUT2D eigenvalue weighted by Gasteiger charge is 2.25. The summed E-state index contributed by atoms with van der Waals surface area (Å²) in [6.45, 7) is 4.92. The van der Waals surface area contributed by atoms with Crippen molar-refractivity contribution in [1.29, 1.82) is 0 Å². The van der Waals surface area contributed by atoms with Gasteiger partial charge in [0.1, 0.15) is 12.4 Å². The van der Waals surface area contributed by atoms with Gasteiger partial charge in [-0.15, -0.1) is 0 Å². The van der Waals surface area contributed by atoms with E-state index in [1.807, 2.05) is 16.8 Å². The molecule has 0 radical (unpaired) electrons. The molecule has 2 aromatic heterocycles. The van der Waals surface area contributed by atoms with E-state index in [2.05, 4.69) is 16.0 Å². The van der Waals surface area contributed by atoms with Gasteiger partial charge in [-0.1, -0.05) is 6.07 Å². The molecule has 0 unspecified atom stereocenters. The Balaban J connectivity index is 1.60. The maximum atomic E-state index is 13.9. The van der Waals surface area contributed by atoms with Gasteiger partial charge in [0.05, 0.1) is 6.61 Å². The molecule has 146 valence electrons. The minimum Gasteiger partial charge on any atom is -0.465 e. The van der Waals surface area contributed by atoms with Crippen LogP contribution in [0.2, 0.25) is 0 Å². The molecule has 3 aromatic rings. The van der Waals surface area contributed by atoms with E-state index in [-0.39, 0.29) is 18.3 Å². The molecule has 0 saturated heterocycles. The number of fused-ring (bicyclic) bond motifs is 3. The SMILES string of the molecule is CCOC(=O)Cn1c2c(c3cc(F)ccc31)CN(CCc1cccnc1)CC2. The van der Waals surface area contributed by atoms with E-state index in [4.69, 9.17) is 4.74 Å². The Morgan fingerprint density at radius 3 is 3.00 bits per heavy atom. The number of carbonyl (C=O) groups excluding carboxylic acids is 1. The monoisotopic (exact) mass is 381 g/mol. The first-order valence-corrected chi connectivity index (χ1v) is 9.72. The van der Waals surface area contributed by atoms with E-state index in [1.165, 1.54) is 11.6 Å². The fourth-order valence-electron chi connectivity index (χ4n) is 4.02. The zero-order chi connectivity index (χ0) is 19.5. The lowest BCUT2D eigenvalue weighted by Crippen LogP contribution is -2.33. The van der Waals surface area contributed by atoms with Crippen LogP contribution in [0.3, 0.4) is 0 Å². The van der Waals surface area contributed by atoms with Crippen LogP contribution in [0.1, 0.15) is 23.7 Å². The number of esters is 1. The van der Waals surface area contributed by atoms with Crippen molar-refractivity contribution in [2.75, 3.05) is 19.7 Å². The molecule has 0 bridgehead atoms. The lowest BCUT2D eigenvalue weighted by molar-refractivity contribution is -0.143. The standard InChI is InChI=1S/C22H24FN3O2/c1-2-28-22(27)15-26-20-6-5-17(23)12-18(20)19-14-25(11-8-21(19)26)10-7-16-4-3-9-24-13-16/h3-6,9,12-13H,2,7-8,10-11,14-15H2,1H3. The maximum Gasteiger partial charge on any atom is 0.325 e. The molecule has 1 aliphatic rings. The summed E-state index contributed by atoms with van der Waals surface area (Å²) in [6.07, 6.45) is 5.44. The number of hydrogen-bond acceptors (Lipinski definition) is 4. The zero-order valence-electron chi connectivity index (χ0n) is 16.0. The lowest BCUT2D eigenvalue weighted by atomic mass is 10.0. The summed E-state index contributed by atoms with van der Waals surface area (Å²) in [7, 11) is 0. The van der Waals surface area contributed by atoms with Crippen molar-refractivity contribution in [2.45, 2.75) is 32.9 Å². The largest absolute Gasteiger partial charge is 0.465 e. The Morgan fingerprint density at radius 2 is 2.21 bits per heavy atom. The van der Waals surface area contributed by atoms with Gasteiger partial charge in [0.2, 0.25) is 0 Å². The first-order chi connectivity index (χ1) is 13.7. The Bertz CT molecular complexity index is 984.